The number of para-hydroxylation sites is 1. The summed E-state index contributed by atoms with van der Waals surface area (Å²) in [7, 11) is 3.18. The zero-order valence-electron chi connectivity index (χ0n) is 16.5. The van der Waals surface area contributed by atoms with Crippen LogP contribution in [0, 0.1) is 0 Å². The number of methoxy groups -OCH3 is 2. The standard InChI is InChI=1S/C22H24N2O4S/c1-26-19-11-10-16(14-20(19)27-2)22-24-18(15-29-22)21(25)23-12-6-7-13-28-17-8-4-3-5-9-17/h3-5,8-11,14-15H,6-7,12-13H2,1-2H3,(H,23,25). The van der Waals surface area contributed by atoms with Crippen LogP contribution in [0.15, 0.2) is 53.9 Å². The lowest BCUT2D eigenvalue weighted by molar-refractivity contribution is 0.0948. The van der Waals surface area contributed by atoms with Crippen molar-refractivity contribution in [2.24, 2.45) is 0 Å². The Kier molecular flexibility index (Phi) is 7.47. The molecule has 0 spiro atoms. The summed E-state index contributed by atoms with van der Waals surface area (Å²) < 4.78 is 16.2. The first-order valence-electron chi connectivity index (χ1n) is 9.35. The van der Waals surface area contributed by atoms with E-state index < -0.39 is 0 Å². The van der Waals surface area contributed by atoms with Gasteiger partial charge in [0.25, 0.3) is 5.91 Å². The summed E-state index contributed by atoms with van der Waals surface area (Å²) in [6.07, 6.45) is 1.70. The van der Waals surface area contributed by atoms with Gasteiger partial charge < -0.3 is 19.5 Å². The predicted octanol–water partition coefficient (Wildman–Crippen LogP) is 4.42. The van der Waals surface area contributed by atoms with Gasteiger partial charge in [-0.2, -0.15) is 0 Å². The van der Waals surface area contributed by atoms with Gasteiger partial charge in [0.1, 0.15) is 16.5 Å². The van der Waals surface area contributed by atoms with Gasteiger partial charge in [-0.3, -0.25) is 4.79 Å². The molecule has 1 N–H and O–H groups in total. The van der Waals surface area contributed by atoms with E-state index in [9.17, 15) is 4.79 Å². The molecule has 0 aliphatic rings. The fraction of sp³-hybridized carbons (Fsp3) is 0.273. The van der Waals surface area contributed by atoms with E-state index >= 15 is 0 Å². The molecule has 0 aliphatic heterocycles. The molecule has 0 saturated heterocycles. The van der Waals surface area contributed by atoms with E-state index in [1.807, 2.05) is 48.5 Å². The second-order valence-corrected chi connectivity index (χ2v) is 7.09. The Labute approximate surface area is 174 Å². The summed E-state index contributed by atoms with van der Waals surface area (Å²) in [6.45, 7) is 1.21. The zero-order valence-corrected chi connectivity index (χ0v) is 17.3. The monoisotopic (exact) mass is 412 g/mol. The topological polar surface area (TPSA) is 69.7 Å². The van der Waals surface area contributed by atoms with Crippen molar-refractivity contribution in [1.29, 1.82) is 0 Å². The van der Waals surface area contributed by atoms with Gasteiger partial charge in [-0.15, -0.1) is 11.3 Å². The van der Waals surface area contributed by atoms with E-state index in [1.165, 1.54) is 11.3 Å². The highest BCUT2D eigenvalue weighted by Crippen LogP contribution is 2.33. The summed E-state index contributed by atoms with van der Waals surface area (Å²) in [5, 5.41) is 5.43. The molecule has 1 amide bonds. The second-order valence-electron chi connectivity index (χ2n) is 6.23. The third-order valence-electron chi connectivity index (χ3n) is 4.24. The number of thiazole rings is 1. The maximum Gasteiger partial charge on any atom is 0.270 e. The smallest absolute Gasteiger partial charge is 0.270 e. The molecule has 0 atom stereocenters. The van der Waals surface area contributed by atoms with E-state index in [1.54, 1.807) is 19.6 Å². The van der Waals surface area contributed by atoms with Crippen LogP contribution < -0.4 is 19.5 Å². The number of carbonyl (C=O) groups excluding carboxylic acids is 1. The van der Waals surface area contributed by atoms with Crippen LogP contribution in [0.5, 0.6) is 17.2 Å². The van der Waals surface area contributed by atoms with Crippen molar-refractivity contribution in [3.63, 3.8) is 0 Å². The highest BCUT2D eigenvalue weighted by molar-refractivity contribution is 7.13. The molecule has 0 aliphatic carbocycles. The molecule has 7 heteroatoms. The van der Waals surface area contributed by atoms with Gasteiger partial charge in [-0.25, -0.2) is 4.98 Å². The number of hydrogen-bond acceptors (Lipinski definition) is 6. The fourth-order valence-electron chi connectivity index (χ4n) is 2.71. The Morgan fingerprint density at radius 3 is 2.59 bits per heavy atom. The summed E-state index contributed by atoms with van der Waals surface area (Å²) in [6, 6.07) is 15.3. The minimum atomic E-state index is -0.169. The van der Waals surface area contributed by atoms with Gasteiger partial charge in [-0.05, 0) is 43.2 Å². The third kappa shape index (κ3) is 5.71. The van der Waals surface area contributed by atoms with E-state index in [0.29, 0.717) is 30.3 Å². The van der Waals surface area contributed by atoms with Gasteiger partial charge in [0.15, 0.2) is 11.5 Å². The van der Waals surface area contributed by atoms with Crippen LogP contribution >= 0.6 is 11.3 Å². The Bertz CT molecular complexity index is 928. The van der Waals surface area contributed by atoms with Gasteiger partial charge in [0, 0.05) is 17.5 Å². The van der Waals surface area contributed by atoms with Crippen molar-refractivity contribution in [2.45, 2.75) is 12.8 Å². The molecular formula is C22H24N2O4S. The molecule has 0 saturated carbocycles. The number of aromatic nitrogens is 1. The molecule has 29 heavy (non-hydrogen) atoms. The summed E-state index contributed by atoms with van der Waals surface area (Å²) in [5.41, 5.74) is 1.30. The predicted molar refractivity (Wildman–Crippen MR) is 114 cm³/mol. The van der Waals surface area contributed by atoms with Crippen molar-refractivity contribution < 1.29 is 19.0 Å². The number of nitrogens with one attached hydrogen (secondary N) is 1. The van der Waals surface area contributed by atoms with E-state index in [2.05, 4.69) is 10.3 Å². The largest absolute Gasteiger partial charge is 0.494 e. The lowest BCUT2D eigenvalue weighted by Crippen LogP contribution is -2.25. The van der Waals surface area contributed by atoms with E-state index in [-0.39, 0.29) is 5.91 Å². The quantitative estimate of drug-likeness (QED) is 0.499. The first-order valence-corrected chi connectivity index (χ1v) is 10.2. The van der Waals surface area contributed by atoms with Crippen LogP contribution in [0.2, 0.25) is 0 Å². The number of ether oxygens (including phenoxy) is 3. The van der Waals surface area contributed by atoms with Crippen molar-refractivity contribution >= 4 is 17.2 Å². The van der Waals surface area contributed by atoms with Gasteiger partial charge in [0.05, 0.1) is 20.8 Å². The molecule has 0 fully saturated rings. The average Bonchev–Trinajstić information content (AvgIpc) is 3.26. The zero-order chi connectivity index (χ0) is 20.5. The van der Waals surface area contributed by atoms with Crippen LogP contribution in [0.3, 0.4) is 0 Å². The molecular weight excluding hydrogens is 388 g/mol. The average molecular weight is 413 g/mol. The molecule has 1 aromatic heterocycles. The molecule has 3 aromatic rings. The SMILES string of the molecule is COc1ccc(-c2nc(C(=O)NCCCCOc3ccccc3)cs2)cc1OC. The number of carbonyl (C=O) groups is 1. The Hall–Kier alpha value is -3.06. The van der Waals surface area contributed by atoms with Crippen LogP contribution in [0.25, 0.3) is 10.6 Å². The number of nitrogens with zero attached hydrogens (tertiary/aromatic N) is 1. The molecule has 0 unspecified atom stereocenters. The minimum absolute atomic E-state index is 0.169. The lowest BCUT2D eigenvalue weighted by atomic mass is 10.2. The van der Waals surface area contributed by atoms with Gasteiger partial charge in [-0.1, -0.05) is 18.2 Å². The lowest BCUT2D eigenvalue weighted by Gasteiger charge is -2.08. The summed E-state index contributed by atoms with van der Waals surface area (Å²) in [4.78, 5) is 16.8. The second kappa shape index (κ2) is 10.5. The Morgan fingerprint density at radius 2 is 1.83 bits per heavy atom. The molecule has 0 radical (unpaired) electrons. The maximum absolute atomic E-state index is 12.3. The van der Waals surface area contributed by atoms with Crippen molar-refractivity contribution in [1.82, 2.24) is 10.3 Å². The third-order valence-corrected chi connectivity index (χ3v) is 5.13. The summed E-state index contributed by atoms with van der Waals surface area (Å²) in [5.74, 6) is 1.98. The molecule has 6 nitrogen and oxygen atoms in total. The molecule has 1 heterocycles. The molecule has 2 aromatic carbocycles. The number of hydrogen-bond donors (Lipinski definition) is 1. The molecule has 152 valence electrons. The van der Waals surface area contributed by atoms with Crippen molar-refractivity contribution in [2.75, 3.05) is 27.4 Å². The Balaban J connectivity index is 1.46. The maximum atomic E-state index is 12.3. The molecule has 0 bridgehead atoms. The fourth-order valence-corrected chi connectivity index (χ4v) is 3.50. The molecule has 3 rings (SSSR count). The number of amides is 1. The minimum Gasteiger partial charge on any atom is -0.494 e. The summed E-state index contributed by atoms with van der Waals surface area (Å²) >= 11 is 1.42. The first kappa shape index (κ1) is 20.7. The number of unbranched alkanes of at least 4 members (excludes halogenated alkanes) is 1. The van der Waals surface area contributed by atoms with Crippen molar-refractivity contribution in [3.05, 3.63) is 59.6 Å². The normalized spacial score (nSPS) is 10.4. The van der Waals surface area contributed by atoms with Gasteiger partial charge in [0.2, 0.25) is 0 Å². The first-order chi connectivity index (χ1) is 14.2. The highest BCUT2D eigenvalue weighted by Gasteiger charge is 2.13. The van der Waals surface area contributed by atoms with Crippen LogP contribution in [-0.4, -0.2) is 38.3 Å². The van der Waals surface area contributed by atoms with Crippen molar-refractivity contribution in [3.8, 4) is 27.8 Å². The van der Waals surface area contributed by atoms with E-state index in [0.717, 1.165) is 29.2 Å². The highest BCUT2D eigenvalue weighted by atomic mass is 32.1. The van der Waals surface area contributed by atoms with Gasteiger partial charge >= 0.3 is 0 Å². The Morgan fingerprint density at radius 1 is 1.03 bits per heavy atom. The van der Waals surface area contributed by atoms with Crippen LogP contribution in [0.1, 0.15) is 23.3 Å². The van der Waals surface area contributed by atoms with E-state index in [4.69, 9.17) is 14.2 Å². The number of benzene rings is 2. The van der Waals surface area contributed by atoms with Crippen LogP contribution in [0.4, 0.5) is 0 Å². The number of rotatable bonds is 10. The van der Waals surface area contributed by atoms with Crippen LogP contribution in [-0.2, 0) is 0 Å².